The molecule has 1 fully saturated rings. The number of anilines is 1. The van der Waals surface area contributed by atoms with E-state index in [4.69, 9.17) is 4.52 Å². The topological polar surface area (TPSA) is 92.5 Å². The molecule has 1 atom stereocenters. The summed E-state index contributed by atoms with van der Waals surface area (Å²) in [6.07, 6.45) is 4.43. The lowest BCUT2D eigenvalue weighted by molar-refractivity contribution is -0.120. The zero-order valence-electron chi connectivity index (χ0n) is 19.9. The van der Waals surface area contributed by atoms with Gasteiger partial charge in [0.15, 0.2) is 10.7 Å². The smallest absolute Gasteiger partial charge is 0.248 e. The number of sulfonamides is 1. The van der Waals surface area contributed by atoms with Crippen LogP contribution in [0, 0.1) is 32.5 Å². The summed E-state index contributed by atoms with van der Waals surface area (Å²) in [6.45, 7) is 5.52. The van der Waals surface area contributed by atoms with Gasteiger partial charge in [-0.05, 0) is 62.9 Å². The maximum absolute atomic E-state index is 13.9. The second kappa shape index (κ2) is 10.1. The molecule has 9 heteroatoms. The summed E-state index contributed by atoms with van der Waals surface area (Å²) in [7, 11) is -3.96. The Morgan fingerprint density at radius 1 is 1.14 bits per heavy atom. The molecule has 4 rings (SSSR count). The van der Waals surface area contributed by atoms with E-state index in [0.29, 0.717) is 24.1 Å². The minimum Gasteiger partial charge on any atom is -0.355 e. The van der Waals surface area contributed by atoms with E-state index in [9.17, 15) is 17.6 Å². The van der Waals surface area contributed by atoms with E-state index in [1.165, 1.54) is 10.4 Å². The highest BCUT2D eigenvalue weighted by atomic mass is 32.2. The van der Waals surface area contributed by atoms with Crippen LogP contribution in [0.25, 0.3) is 12.2 Å². The summed E-state index contributed by atoms with van der Waals surface area (Å²) in [4.78, 5) is 12.8. The lowest BCUT2D eigenvalue weighted by Gasteiger charge is -2.31. The number of hydrogen-bond acceptors (Lipinski definition) is 5. The molecule has 1 saturated heterocycles. The molecule has 35 heavy (non-hydrogen) atoms. The molecule has 0 aliphatic carbocycles. The summed E-state index contributed by atoms with van der Waals surface area (Å²) in [5.41, 5.74) is 3.10. The van der Waals surface area contributed by atoms with Crippen molar-refractivity contribution in [1.29, 1.82) is 0 Å². The minimum absolute atomic E-state index is 0.00234. The van der Waals surface area contributed by atoms with Gasteiger partial charge in [0.2, 0.25) is 15.9 Å². The van der Waals surface area contributed by atoms with Crippen molar-refractivity contribution >= 4 is 33.8 Å². The molecule has 1 aliphatic heterocycles. The molecular weight excluding hydrogens is 469 g/mol. The van der Waals surface area contributed by atoms with Crippen LogP contribution in [0.1, 0.15) is 41.0 Å². The second-order valence-electron chi connectivity index (χ2n) is 8.86. The van der Waals surface area contributed by atoms with Gasteiger partial charge in [0.05, 0.1) is 5.92 Å². The molecule has 1 N–H and O–H groups in total. The van der Waals surface area contributed by atoms with Crippen LogP contribution in [0.4, 0.5) is 10.1 Å². The summed E-state index contributed by atoms with van der Waals surface area (Å²) in [5.74, 6) is -1.17. The number of piperidine rings is 1. The van der Waals surface area contributed by atoms with Crippen LogP contribution in [0.15, 0.2) is 51.9 Å². The normalized spacial score (nSPS) is 17.1. The van der Waals surface area contributed by atoms with Crippen molar-refractivity contribution < 1.29 is 22.1 Å². The largest absolute Gasteiger partial charge is 0.355 e. The number of nitrogens with one attached hydrogen (secondary N) is 1. The van der Waals surface area contributed by atoms with Gasteiger partial charge in [-0.25, -0.2) is 12.8 Å². The maximum Gasteiger partial charge on any atom is 0.248 e. The average Bonchev–Trinajstić information content (AvgIpc) is 3.22. The first kappa shape index (κ1) is 24.8. The molecule has 1 aromatic heterocycles. The molecule has 7 nitrogen and oxygen atoms in total. The van der Waals surface area contributed by atoms with Crippen molar-refractivity contribution in [2.45, 2.75) is 38.5 Å². The monoisotopic (exact) mass is 497 g/mol. The van der Waals surface area contributed by atoms with Gasteiger partial charge in [0.1, 0.15) is 11.5 Å². The highest BCUT2D eigenvalue weighted by Crippen LogP contribution is 2.30. The van der Waals surface area contributed by atoms with Crippen LogP contribution in [0.2, 0.25) is 0 Å². The fourth-order valence-corrected chi connectivity index (χ4v) is 5.84. The van der Waals surface area contributed by atoms with Gasteiger partial charge >= 0.3 is 0 Å². The van der Waals surface area contributed by atoms with Crippen LogP contribution in [-0.2, 0) is 14.8 Å². The Hall–Kier alpha value is -3.30. The molecule has 3 aromatic rings. The van der Waals surface area contributed by atoms with E-state index in [2.05, 4.69) is 10.5 Å². The molecular formula is C26H28FN3O4S. The molecule has 0 bridgehead atoms. The van der Waals surface area contributed by atoms with E-state index < -0.39 is 21.8 Å². The molecule has 2 heterocycles. The molecule has 0 saturated carbocycles. The Kier molecular flexibility index (Phi) is 7.18. The van der Waals surface area contributed by atoms with E-state index in [1.54, 1.807) is 38.1 Å². The highest BCUT2D eigenvalue weighted by Gasteiger charge is 2.37. The predicted molar refractivity (Wildman–Crippen MR) is 133 cm³/mol. The van der Waals surface area contributed by atoms with E-state index >= 15 is 0 Å². The summed E-state index contributed by atoms with van der Waals surface area (Å²) >= 11 is 0. The number of carbonyl (C=O) groups is 1. The van der Waals surface area contributed by atoms with E-state index in [-0.39, 0.29) is 35.3 Å². The summed E-state index contributed by atoms with van der Waals surface area (Å²) in [6, 6.07) is 12.3. The van der Waals surface area contributed by atoms with Crippen molar-refractivity contribution in [3.05, 3.63) is 76.4 Å². The number of carbonyl (C=O) groups excluding carboxylic acids is 1. The third-order valence-corrected chi connectivity index (χ3v) is 8.15. The number of halogens is 1. The third kappa shape index (κ3) is 5.52. The highest BCUT2D eigenvalue weighted by molar-refractivity contribution is 7.89. The third-order valence-electron chi connectivity index (χ3n) is 6.13. The standard InChI is InChI=1S/C26H28FN3O4S/c1-17-6-9-20(10-7-17)11-13-24-25(19(3)29-34-24)35(32,33)30-14-4-5-21(16-30)26(31)28-22-12-8-18(2)23(27)15-22/h6-13,15,21H,4-5,14,16H2,1-3H3,(H,28,31). The van der Waals surface area contributed by atoms with Crippen LogP contribution < -0.4 is 5.32 Å². The molecule has 184 valence electrons. The number of rotatable bonds is 6. The first-order valence-electron chi connectivity index (χ1n) is 11.4. The van der Waals surface area contributed by atoms with E-state index in [0.717, 1.165) is 11.1 Å². The fraction of sp³-hybridized carbons (Fsp3) is 0.308. The summed E-state index contributed by atoms with van der Waals surface area (Å²) in [5, 5.41) is 6.59. The fourth-order valence-electron chi connectivity index (χ4n) is 4.07. The molecule has 1 amide bonds. The van der Waals surface area contributed by atoms with Crippen LogP contribution in [-0.4, -0.2) is 36.9 Å². The minimum atomic E-state index is -3.96. The lowest BCUT2D eigenvalue weighted by Crippen LogP contribution is -2.43. The zero-order chi connectivity index (χ0) is 25.2. The Morgan fingerprint density at radius 3 is 2.60 bits per heavy atom. The van der Waals surface area contributed by atoms with Crippen molar-refractivity contribution in [1.82, 2.24) is 9.46 Å². The van der Waals surface area contributed by atoms with Crippen molar-refractivity contribution in [3.63, 3.8) is 0 Å². The van der Waals surface area contributed by atoms with E-state index in [1.807, 2.05) is 31.2 Å². The van der Waals surface area contributed by atoms with Gasteiger partial charge in [0, 0.05) is 18.8 Å². The molecule has 1 aliphatic rings. The quantitative estimate of drug-likeness (QED) is 0.520. The number of hydrogen-bond donors (Lipinski definition) is 1. The van der Waals surface area contributed by atoms with Gasteiger partial charge in [-0.15, -0.1) is 0 Å². The van der Waals surface area contributed by atoms with Crippen molar-refractivity contribution in [2.75, 3.05) is 18.4 Å². The van der Waals surface area contributed by atoms with Gasteiger partial charge in [0.25, 0.3) is 0 Å². The van der Waals surface area contributed by atoms with Gasteiger partial charge in [-0.1, -0.05) is 47.1 Å². The maximum atomic E-state index is 13.9. The van der Waals surface area contributed by atoms with Crippen molar-refractivity contribution in [3.8, 4) is 0 Å². The van der Waals surface area contributed by atoms with Crippen LogP contribution in [0.3, 0.4) is 0 Å². The molecule has 0 radical (unpaired) electrons. The van der Waals surface area contributed by atoms with Crippen molar-refractivity contribution in [2.24, 2.45) is 5.92 Å². The Morgan fingerprint density at radius 2 is 1.89 bits per heavy atom. The molecule has 0 spiro atoms. The van der Waals surface area contributed by atoms with Gasteiger partial charge in [-0.3, -0.25) is 4.79 Å². The lowest BCUT2D eigenvalue weighted by atomic mass is 9.98. The number of aromatic nitrogens is 1. The second-order valence-corrected chi connectivity index (χ2v) is 10.7. The first-order chi connectivity index (χ1) is 16.6. The number of benzene rings is 2. The average molecular weight is 498 g/mol. The SMILES string of the molecule is Cc1ccc(C=Cc2onc(C)c2S(=O)(=O)N2CCCC(C(=O)Nc3ccc(C)c(F)c3)C2)cc1. The molecule has 2 aromatic carbocycles. The Balaban J connectivity index is 1.52. The Bertz CT molecular complexity index is 1360. The zero-order valence-corrected chi connectivity index (χ0v) is 20.7. The Labute approximate surface area is 204 Å². The first-order valence-corrected chi connectivity index (χ1v) is 12.9. The number of nitrogens with zero attached hydrogens (tertiary/aromatic N) is 2. The summed E-state index contributed by atoms with van der Waals surface area (Å²) < 4.78 is 47.6. The predicted octanol–water partition coefficient (Wildman–Crippen LogP) is 4.95. The molecule has 1 unspecified atom stereocenters. The number of aryl methyl sites for hydroxylation is 3. The van der Waals surface area contributed by atoms with Crippen LogP contribution in [0.5, 0.6) is 0 Å². The van der Waals surface area contributed by atoms with Gasteiger partial charge < -0.3 is 9.84 Å². The van der Waals surface area contributed by atoms with Gasteiger partial charge in [-0.2, -0.15) is 4.31 Å². The van der Waals surface area contributed by atoms with Crippen LogP contribution >= 0.6 is 0 Å². The number of amides is 1.